The van der Waals surface area contributed by atoms with Crippen molar-refractivity contribution in [3.05, 3.63) is 36.0 Å². The molecule has 5 nitrogen and oxygen atoms in total. The number of carbonyl (C=O) groups excluding carboxylic acids is 2. The first-order chi connectivity index (χ1) is 14.3. The molecular formula is C25H33N3O2. The van der Waals surface area contributed by atoms with Crippen LogP contribution in [0.1, 0.15) is 46.1 Å². The first kappa shape index (κ1) is 22.0. The third-order valence-electron chi connectivity index (χ3n) is 6.00. The molecule has 0 aliphatic carbocycles. The monoisotopic (exact) mass is 407 g/mol. The van der Waals surface area contributed by atoms with Crippen LogP contribution in [0.5, 0.6) is 0 Å². The Bertz CT molecular complexity index is 951. The average Bonchev–Trinajstić information content (AvgIpc) is 3.31. The fraction of sp³-hybridized carbons (Fsp3) is 0.520. The molecule has 0 bridgehead atoms. The van der Waals surface area contributed by atoms with Gasteiger partial charge in [-0.15, -0.1) is 6.42 Å². The Morgan fingerprint density at radius 2 is 1.97 bits per heavy atom. The van der Waals surface area contributed by atoms with Gasteiger partial charge in [-0.3, -0.25) is 9.59 Å². The fourth-order valence-electron chi connectivity index (χ4n) is 4.32. The molecule has 160 valence electrons. The number of rotatable bonds is 7. The Balaban J connectivity index is 1.82. The molecule has 2 aromatic rings. The number of fused-ring (bicyclic) bond motifs is 1. The van der Waals surface area contributed by atoms with Crippen LogP contribution in [0.2, 0.25) is 0 Å². The summed E-state index contributed by atoms with van der Waals surface area (Å²) in [6.45, 7) is 8.95. The molecule has 1 fully saturated rings. The Labute approximate surface area is 179 Å². The Kier molecular flexibility index (Phi) is 6.87. The van der Waals surface area contributed by atoms with Gasteiger partial charge in [-0.1, -0.05) is 51.8 Å². The first-order valence-electron chi connectivity index (χ1n) is 10.9. The summed E-state index contributed by atoms with van der Waals surface area (Å²) in [6.07, 6.45) is 10.4. The largest absolute Gasteiger partial charge is 0.344 e. The van der Waals surface area contributed by atoms with Crippen molar-refractivity contribution in [2.24, 2.45) is 11.8 Å². The SMILES string of the molecule is C#CCn1cc(C[C@@H]2CCCN2C(=O)C(NC(=O)C(C)C)C(C)C)c2ccccc21. The molecule has 1 saturated heterocycles. The number of likely N-dealkylation sites (tertiary alicyclic amines) is 1. The van der Waals surface area contributed by atoms with E-state index in [2.05, 4.69) is 34.1 Å². The highest BCUT2D eigenvalue weighted by atomic mass is 16.2. The summed E-state index contributed by atoms with van der Waals surface area (Å²) in [5.41, 5.74) is 2.35. The number of benzene rings is 1. The second-order valence-electron chi connectivity index (χ2n) is 8.92. The predicted molar refractivity (Wildman–Crippen MR) is 121 cm³/mol. The molecular weight excluding hydrogens is 374 g/mol. The zero-order valence-corrected chi connectivity index (χ0v) is 18.5. The van der Waals surface area contributed by atoms with E-state index < -0.39 is 6.04 Å². The number of amides is 2. The standard InChI is InChI=1S/C25H33N3O2/c1-6-13-27-16-19(21-11-7-8-12-22(21)27)15-20-10-9-14-28(20)25(30)23(17(2)3)26-24(29)18(4)5/h1,7-8,11-12,16-18,20,23H,9-10,13-15H2,2-5H3,(H,26,29)/t20-,23?/m0/s1. The van der Waals surface area contributed by atoms with Crippen molar-refractivity contribution in [3.8, 4) is 12.3 Å². The number of hydrogen-bond acceptors (Lipinski definition) is 2. The van der Waals surface area contributed by atoms with Gasteiger partial charge < -0.3 is 14.8 Å². The molecule has 0 spiro atoms. The van der Waals surface area contributed by atoms with Crippen LogP contribution in [-0.2, 0) is 22.6 Å². The summed E-state index contributed by atoms with van der Waals surface area (Å²) < 4.78 is 2.10. The molecule has 2 heterocycles. The highest BCUT2D eigenvalue weighted by Gasteiger charge is 2.35. The van der Waals surface area contributed by atoms with E-state index in [9.17, 15) is 9.59 Å². The Hall–Kier alpha value is -2.74. The topological polar surface area (TPSA) is 54.3 Å². The minimum atomic E-state index is -0.483. The van der Waals surface area contributed by atoms with E-state index in [-0.39, 0.29) is 29.7 Å². The van der Waals surface area contributed by atoms with Crippen LogP contribution >= 0.6 is 0 Å². The fourth-order valence-corrected chi connectivity index (χ4v) is 4.32. The summed E-state index contributed by atoms with van der Waals surface area (Å²) in [7, 11) is 0. The van der Waals surface area contributed by atoms with Gasteiger partial charge in [0.15, 0.2) is 0 Å². The minimum Gasteiger partial charge on any atom is -0.344 e. The minimum absolute atomic E-state index is 0.0360. The number of terminal acetylenes is 1. The van der Waals surface area contributed by atoms with E-state index in [0.717, 1.165) is 31.3 Å². The molecule has 3 rings (SSSR count). The van der Waals surface area contributed by atoms with Crippen molar-refractivity contribution < 1.29 is 9.59 Å². The summed E-state index contributed by atoms with van der Waals surface area (Å²) in [6, 6.07) is 7.93. The second kappa shape index (κ2) is 9.38. The van der Waals surface area contributed by atoms with Crippen molar-refractivity contribution in [2.75, 3.05) is 6.54 Å². The van der Waals surface area contributed by atoms with Crippen LogP contribution in [0.15, 0.2) is 30.5 Å². The van der Waals surface area contributed by atoms with Crippen molar-refractivity contribution >= 4 is 22.7 Å². The highest BCUT2D eigenvalue weighted by Crippen LogP contribution is 2.28. The van der Waals surface area contributed by atoms with Gasteiger partial charge >= 0.3 is 0 Å². The Morgan fingerprint density at radius 1 is 1.23 bits per heavy atom. The van der Waals surface area contributed by atoms with Crippen LogP contribution in [-0.4, -0.2) is 39.9 Å². The molecule has 1 aliphatic rings. The van der Waals surface area contributed by atoms with Crippen LogP contribution in [0.4, 0.5) is 0 Å². The highest BCUT2D eigenvalue weighted by molar-refractivity contribution is 5.89. The average molecular weight is 408 g/mol. The molecule has 1 aliphatic heterocycles. The van der Waals surface area contributed by atoms with E-state index in [1.807, 2.05) is 44.7 Å². The Morgan fingerprint density at radius 3 is 2.63 bits per heavy atom. The summed E-state index contributed by atoms with van der Waals surface area (Å²) in [5.74, 6) is 2.58. The summed E-state index contributed by atoms with van der Waals surface area (Å²) in [5, 5.41) is 4.17. The zero-order valence-electron chi connectivity index (χ0n) is 18.5. The lowest BCUT2D eigenvalue weighted by Crippen LogP contribution is -2.53. The molecule has 0 radical (unpaired) electrons. The molecule has 1 unspecified atom stereocenters. The van der Waals surface area contributed by atoms with Gasteiger partial charge in [0.25, 0.3) is 0 Å². The van der Waals surface area contributed by atoms with Crippen LogP contribution in [0.3, 0.4) is 0 Å². The molecule has 30 heavy (non-hydrogen) atoms. The van der Waals surface area contributed by atoms with Gasteiger partial charge in [0.1, 0.15) is 6.04 Å². The van der Waals surface area contributed by atoms with Gasteiger partial charge in [-0.05, 0) is 36.8 Å². The molecule has 1 aromatic carbocycles. The maximum absolute atomic E-state index is 13.4. The number of para-hydroxylation sites is 1. The molecule has 1 aromatic heterocycles. The number of hydrogen-bond donors (Lipinski definition) is 1. The lowest BCUT2D eigenvalue weighted by Gasteiger charge is -2.31. The molecule has 2 atom stereocenters. The maximum Gasteiger partial charge on any atom is 0.245 e. The summed E-state index contributed by atoms with van der Waals surface area (Å²) >= 11 is 0. The third-order valence-corrected chi connectivity index (χ3v) is 6.00. The number of aromatic nitrogens is 1. The van der Waals surface area contributed by atoms with Crippen LogP contribution in [0.25, 0.3) is 10.9 Å². The van der Waals surface area contributed by atoms with Crippen LogP contribution in [0, 0.1) is 24.2 Å². The smallest absolute Gasteiger partial charge is 0.245 e. The molecule has 0 saturated carbocycles. The van der Waals surface area contributed by atoms with Crippen molar-refractivity contribution in [3.63, 3.8) is 0 Å². The maximum atomic E-state index is 13.4. The second-order valence-corrected chi connectivity index (χ2v) is 8.92. The molecule has 1 N–H and O–H groups in total. The quantitative estimate of drug-likeness (QED) is 0.713. The predicted octanol–water partition coefficient (Wildman–Crippen LogP) is 3.60. The summed E-state index contributed by atoms with van der Waals surface area (Å²) in [4.78, 5) is 27.6. The van der Waals surface area contributed by atoms with E-state index in [0.29, 0.717) is 6.54 Å². The first-order valence-corrected chi connectivity index (χ1v) is 10.9. The number of nitrogens with zero attached hydrogens (tertiary/aromatic N) is 2. The van der Waals surface area contributed by atoms with Crippen molar-refractivity contribution in [2.45, 2.75) is 65.6 Å². The lowest BCUT2D eigenvalue weighted by molar-refractivity contribution is -0.139. The van der Waals surface area contributed by atoms with Gasteiger partial charge in [-0.2, -0.15) is 0 Å². The van der Waals surface area contributed by atoms with Gasteiger partial charge in [0.05, 0.1) is 6.54 Å². The zero-order chi connectivity index (χ0) is 21.8. The van der Waals surface area contributed by atoms with E-state index in [1.54, 1.807) is 0 Å². The number of nitrogens with one attached hydrogen (secondary N) is 1. The number of carbonyl (C=O) groups is 2. The van der Waals surface area contributed by atoms with Gasteiger partial charge in [0, 0.05) is 35.6 Å². The molecule has 2 amide bonds. The molecule has 5 heteroatoms. The third kappa shape index (κ3) is 4.53. The van der Waals surface area contributed by atoms with Crippen molar-refractivity contribution in [1.29, 1.82) is 0 Å². The van der Waals surface area contributed by atoms with Gasteiger partial charge in [-0.25, -0.2) is 0 Å². The van der Waals surface area contributed by atoms with E-state index in [4.69, 9.17) is 6.42 Å². The normalized spacial score (nSPS) is 17.5. The van der Waals surface area contributed by atoms with E-state index in [1.165, 1.54) is 10.9 Å². The van der Waals surface area contributed by atoms with Crippen LogP contribution < -0.4 is 5.32 Å². The van der Waals surface area contributed by atoms with E-state index >= 15 is 0 Å². The van der Waals surface area contributed by atoms with Gasteiger partial charge in [0.2, 0.25) is 11.8 Å². The lowest BCUT2D eigenvalue weighted by atomic mass is 9.99. The van der Waals surface area contributed by atoms with Crippen molar-refractivity contribution in [1.82, 2.24) is 14.8 Å².